The van der Waals surface area contributed by atoms with Crippen LogP contribution in [0.5, 0.6) is 5.75 Å². The second-order valence-electron chi connectivity index (χ2n) is 12.4. The molecule has 0 aliphatic carbocycles. The maximum atomic E-state index is 14.0. The summed E-state index contributed by atoms with van der Waals surface area (Å²) < 4.78 is 12.4. The largest absolute Gasteiger partial charge is 0.486 e. The van der Waals surface area contributed by atoms with Crippen LogP contribution >= 0.6 is 0 Å². The smallest absolute Gasteiger partial charge is 0.254 e. The maximum Gasteiger partial charge on any atom is 0.254 e. The fourth-order valence-corrected chi connectivity index (χ4v) is 6.90. The number of fused-ring (bicyclic) bond motifs is 1. The average Bonchev–Trinajstić information content (AvgIpc) is 3.05. The van der Waals surface area contributed by atoms with Gasteiger partial charge in [0.1, 0.15) is 11.4 Å². The van der Waals surface area contributed by atoms with Crippen LogP contribution in [-0.2, 0) is 4.74 Å². The van der Waals surface area contributed by atoms with Gasteiger partial charge in [0.15, 0.2) is 5.78 Å². The van der Waals surface area contributed by atoms with Crippen LogP contribution in [0.25, 0.3) is 22.5 Å². The highest BCUT2D eigenvalue weighted by Gasteiger charge is 2.44. The monoisotopic (exact) mass is 587 g/mol. The first-order valence-corrected chi connectivity index (χ1v) is 15.5. The number of ether oxygens (including phenoxy) is 2. The van der Waals surface area contributed by atoms with E-state index in [-0.39, 0.29) is 23.8 Å². The molecule has 2 unspecified atom stereocenters. The number of hydrogen-bond acceptors (Lipinski definition) is 6. The molecule has 1 aromatic heterocycles. The molecule has 0 saturated carbocycles. The molecule has 7 rings (SSSR count). The number of likely N-dealkylation sites (tertiary alicyclic amines) is 1. The number of pyridine rings is 1. The van der Waals surface area contributed by atoms with Crippen molar-refractivity contribution in [3.8, 4) is 28.3 Å². The van der Waals surface area contributed by atoms with Crippen LogP contribution in [0.3, 0.4) is 0 Å². The van der Waals surface area contributed by atoms with Crippen LogP contribution in [0.4, 0.5) is 5.69 Å². The highest BCUT2D eigenvalue weighted by molar-refractivity contribution is 6.01. The van der Waals surface area contributed by atoms with Crippen molar-refractivity contribution in [3.63, 3.8) is 0 Å². The molecule has 3 aliphatic heterocycles. The van der Waals surface area contributed by atoms with E-state index in [0.29, 0.717) is 62.4 Å². The van der Waals surface area contributed by atoms with Crippen molar-refractivity contribution in [1.29, 1.82) is 0 Å². The van der Waals surface area contributed by atoms with E-state index in [4.69, 9.17) is 14.5 Å². The lowest BCUT2D eigenvalue weighted by atomic mass is 9.82. The summed E-state index contributed by atoms with van der Waals surface area (Å²) in [5.74, 6) is 0.727. The Bertz CT molecular complexity index is 1610. The summed E-state index contributed by atoms with van der Waals surface area (Å²) in [6.45, 7) is 6.69. The van der Waals surface area contributed by atoms with E-state index in [1.807, 2.05) is 95.9 Å². The number of rotatable bonds is 4. The maximum absolute atomic E-state index is 14.0. The molecule has 0 bridgehead atoms. The molecule has 1 amide bonds. The van der Waals surface area contributed by atoms with Crippen molar-refractivity contribution in [2.24, 2.45) is 0 Å². The summed E-state index contributed by atoms with van der Waals surface area (Å²) in [5.41, 5.74) is 5.15. The Morgan fingerprint density at radius 3 is 2.00 bits per heavy atom. The van der Waals surface area contributed by atoms with Gasteiger partial charge in [-0.2, -0.15) is 0 Å². The first-order chi connectivity index (χ1) is 21.4. The van der Waals surface area contributed by atoms with Gasteiger partial charge in [-0.1, -0.05) is 60.7 Å². The van der Waals surface area contributed by atoms with Gasteiger partial charge in [-0.25, -0.2) is 4.98 Å². The zero-order valence-electron chi connectivity index (χ0n) is 25.2. The zero-order valence-corrected chi connectivity index (χ0v) is 25.2. The molecule has 7 heteroatoms. The van der Waals surface area contributed by atoms with Crippen molar-refractivity contribution in [2.45, 2.75) is 50.8 Å². The Balaban J connectivity index is 1.12. The van der Waals surface area contributed by atoms with Crippen molar-refractivity contribution < 1.29 is 19.1 Å². The predicted octanol–water partition coefficient (Wildman–Crippen LogP) is 6.67. The van der Waals surface area contributed by atoms with Crippen LogP contribution in [0.2, 0.25) is 0 Å². The molecule has 2 saturated heterocycles. The van der Waals surface area contributed by atoms with E-state index in [9.17, 15) is 9.59 Å². The van der Waals surface area contributed by atoms with Crippen LogP contribution in [0.1, 0.15) is 53.8 Å². The van der Waals surface area contributed by atoms with Crippen LogP contribution in [0.15, 0.2) is 91.0 Å². The summed E-state index contributed by atoms with van der Waals surface area (Å²) in [6, 6.07) is 30.1. The fourth-order valence-electron chi connectivity index (χ4n) is 6.90. The third kappa shape index (κ3) is 5.37. The SMILES string of the molecule is CC1COCC(C)N1c1ccc2c(c1)OC1(CCN(C(=O)c3cc(-c4ccccc4)nc(-c4ccccc4)c3)CC1)CC2=O. The molecule has 3 aliphatic rings. The molecule has 3 aromatic carbocycles. The second kappa shape index (κ2) is 11.5. The van der Waals surface area contributed by atoms with E-state index in [1.54, 1.807) is 0 Å². The van der Waals surface area contributed by atoms with Gasteiger partial charge in [0.2, 0.25) is 0 Å². The second-order valence-corrected chi connectivity index (χ2v) is 12.4. The van der Waals surface area contributed by atoms with Crippen molar-refractivity contribution in [2.75, 3.05) is 31.2 Å². The van der Waals surface area contributed by atoms with Gasteiger partial charge in [0.05, 0.1) is 36.6 Å². The van der Waals surface area contributed by atoms with Gasteiger partial charge < -0.3 is 19.3 Å². The number of anilines is 1. The summed E-state index contributed by atoms with van der Waals surface area (Å²) in [7, 11) is 0. The Kier molecular flexibility index (Phi) is 7.42. The Morgan fingerprint density at radius 2 is 1.41 bits per heavy atom. The number of amides is 1. The van der Waals surface area contributed by atoms with Gasteiger partial charge in [-0.05, 0) is 38.1 Å². The van der Waals surface area contributed by atoms with E-state index in [1.165, 1.54) is 0 Å². The molecule has 0 N–H and O–H groups in total. The third-order valence-electron chi connectivity index (χ3n) is 9.21. The van der Waals surface area contributed by atoms with Crippen LogP contribution in [-0.4, -0.2) is 65.6 Å². The van der Waals surface area contributed by atoms with Crippen LogP contribution in [0, 0.1) is 0 Å². The summed E-state index contributed by atoms with van der Waals surface area (Å²) in [4.78, 5) is 36.5. The molecule has 44 heavy (non-hydrogen) atoms. The topological polar surface area (TPSA) is 72.0 Å². The summed E-state index contributed by atoms with van der Waals surface area (Å²) in [5, 5.41) is 0. The summed E-state index contributed by atoms with van der Waals surface area (Å²) >= 11 is 0. The number of nitrogens with zero attached hydrogens (tertiary/aromatic N) is 3. The van der Waals surface area contributed by atoms with Gasteiger partial charge in [0, 0.05) is 66.5 Å². The number of benzene rings is 3. The number of carbonyl (C=O) groups excluding carboxylic acids is 2. The van der Waals surface area contributed by atoms with Gasteiger partial charge in [-0.3, -0.25) is 9.59 Å². The average molecular weight is 588 g/mol. The molecular formula is C37H37N3O4. The number of aromatic nitrogens is 1. The number of Topliss-reactive ketones (excluding diaryl/α,β-unsaturated/α-hetero) is 1. The molecular weight excluding hydrogens is 550 g/mol. The minimum absolute atomic E-state index is 0.0308. The highest BCUT2D eigenvalue weighted by atomic mass is 16.5. The molecule has 224 valence electrons. The van der Waals surface area contributed by atoms with Crippen LogP contribution < -0.4 is 9.64 Å². The van der Waals surface area contributed by atoms with E-state index < -0.39 is 5.60 Å². The van der Waals surface area contributed by atoms with Gasteiger partial charge in [0.25, 0.3) is 5.91 Å². The van der Waals surface area contributed by atoms with Crippen molar-refractivity contribution >= 4 is 17.4 Å². The lowest BCUT2D eigenvalue weighted by Gasteiger charge is -2.45. The summed E-state index contributed by atoms with van der Waals surface area (Å²) in [6.07, 6.45) is 1.53. The van der Waals surface area contributed by atoms with E-state index in [0.717, 1.165) is 28.2 Å². The molecule has 1 spiro atoms. The molecule has 4 aromatic rings. The number of carbonyl (C=O) groups is 2. The Labute approximate surface area is 258 Å². The predicted molar refractivity (Wildman–Crippen MR) is 171 cm³/mol. The Morgan fingerprint density at radius 1 is 0.818 bits per heavy atom. The molecule has 7 nitrogen and oxygen atoms in total. The number of morpholine rings is 1. The van der Waals surface area contributed by atoms with Gasteiger partial charge >= 0.3 is 0 Å². The Hall–Kier alpha value is -4.49. The molecule has 4 heterocycles. The molecule has 0 radical (unpaired) electrons. The lowest BCUT2D eigenvalue weighted by Crippen LogP contribution is -2.52. The first-order valence-electron chi connectivity index (χ1n) is 15.5. The lowest BCUT2D eigenvalue weighted by molar-refractivity contribution is -0.00571. The zero-order chi connectivity index (χ0) is 30.3. The standard InChI is InChI=1S/C37H37N3O4/c1-25-23-43-24-26(2)40(25)30-13-14-31-34(41)22-37(44-35(31)21-30)15-17-39(18-16-37)36(42)29-19-32(27-9-5-3-6-10-27)38-33(20-29)28-11-7-4-8-12-28/h3-14,19-21,25-26H,15-18,22-24H2,1-2H3. The third-order valence-corrected chi connectivity index (χ3v) is 9.21. The fraction of sp³-hybridized carbons (Fsp3) is 0.324. The van der Waals surface area contributed by atoms with E-state index >= 15 is 0 Å². The van der Waals surface area contributed by atoms with Crippen molar-refractivity contribution in [1.82, 2.24) is 9.88 Å². The number of ketones is 1. The minimum Gasteiger partial charge on any atom is -0.486 e. The molecule has 2 fully saturated rings. The van der Waals surface area contributed by atoms with Crippen molar-refractivity contribution in [3.05, 3.63) is 102 Å². The normalized spacial score (nSPS) is 21.1. The number of piperidine rings is 1. The molecule has 2 atom stereocenters. The van der Waals surface area contributed by atoms with E-state index in [2.05, 4.69) is 18.7 Å². The van der Waals surface area contributed by atoms with Gasteiger partial charge in [-0.15, -0.1) is 0 Å². The highest BCUT2D eigenvalue weighted by Crippen LogP contribution is 2.42. The minimum atomic E-state index is -0.607. The first kappa shape index (κ1) is 28.3. The quantitative estimate of drug-likeness (QED) is 0.266. The number of hydrogen-bond donors (Lipinski definition) is 0.